The summed E-state index contributed by atoms with van der Waals surface area (Å²) in [6.07, 6.45) is -1.69. The maximum absolute atomic E-state index is 11.6. The molecule has 0 saturated carbocycles. The molecular weight excluding hydrogens is 331 g/mol. The van der Waals surface area contributed by atoms with Gasteiger partial charge in [-0.05, 0) is 15.9 Å². The van der Waals surface area contributed by atoms with E-state index in [1.165, 1.54) is 6.20 Å². The van der Waals surface area contributed by atoms with E-state index in [-0.39, 0.29) is 4.47 Å². The fourth-order valence-electron chi connectivity index (χ4n) is 1.73. The molecule has 1 aromatic rings. The summed E-state index contributed by atoms with van der Waals surface area (Å²) in [7, 11) is 0. The number of rotatable bonds is 2. The molecule has 1 saturated heterocycles. The molecule has 9 heteroatoms. The standard InChI is InChI=1S/C9H10BrClN2O5/c10-3-1-13(9(17)12-7(3)16)8-5(11)6(15)4(2-14)18-8/h1,4-6,8,14-15H,2H2,(H,12,16,17)/t4-,5?,6-,8-/m1/s1. The molecule has 18 heavy (non-hydrogen) atoms. The number of alkyl halides is 1. The number of nitrogens with zero attached hydrogens (tertiary/aromatic N) is 1. The highest BCUT2D eigenvalue weighted by Crippen LogP contribution is 2.32. The van der Waals surface area contributed by atoms with Crippen molar-refractivity contribution in [2.75, 3.05) is 6.61 Å². The summed E-state index contributed by atoms with van der Waals surface area (Å²) < 4.78 is 6.48. The molecule has 3 N–H and O–H groups in total. The SMILES string of the molecule is O=c1[nH]c(=O)n([C@@H]2O[C@H](CO)[C@@H](O)C2Cl)cc1Br. The summed E-state index contributed by atoms with van der Waals surface area (Å²) in [4.78, 5) is 24.9. The molecule has 0 aromatic carbocycles. The zero-order chi connectivity index (χ0) is 13.4. The molecule has 1 aliphatic rings. The number of hydrogen-bond donors (Lipinski definition) is 3. The average Bonchev–Trinajstić information content (AvgIpc) is 2.61. The van der Waals surface area contributed by atoms with Crippen LogP contribution in [0.2, 0.25) is 0 Å². The predicted molar refractivity (Wildman–Crippen MR) is 65.7 cm³/mol. The number of H-pyrrole nitrogens is 1. The molecule has 1 unspecified atom stereocenters. The second-order valence-corrected chi connectivity index (χ2v) is 5.18. The van der Waals surface area contributed by atoms with Crippen LogP contribution in [-0.4, -0.2) is 44.0 Å². The molecular formula is C9H10BrClN2O5. The highest BCUT2D eigenvalue weighted by molar-refractivity contribution is 9.10. The first-order valence-corrected chi connectivity index (χ1v) is 6.28. The summed E-state index contributed by atoms with van der Waals surface area (Å²) >= 11 is 8.93. The first kappa shape index (κ1) is 13.8. The molecule has 0 radical (unpaired) electrons. The summed E-state index contributed by atoms with van der Waals surface area (Å²) in [6, 6.07) is 0. The highest BCUT2D eigenvalue weighted by Gasteiger charge is 2.43. The van der Waals surface area contributed by atoms with Crippen molar-refractivity contribution in [2.24, 2.45) is 0 Å². The Balaban J connectivity index is 2.42. The predicted octanol–water partition coefficient (Wildman–Crippen LogP) is -0.843. The van der Waals surface area contributed by atoms with Crippen LogP contribution in [-0.2, 0) is 4.74 Å². The van der Waals surface area contributed by atoms with Gasteiger partial charge in [-0.1, -0.05) is 0 Å². The van der Waals surface area contributed by atoms with E-state index in [4.69, 9.17) is 21.4 Å². The van der Waals surface area contributed by atoms with E-state index in [1.807, 2.05) is 0 Å². The Morgan fingerprint density at radius 2 is 2.22 bits per heavy atom. The topological polar surface area (TPSA) is 105 Å². The van der Waals surface area contributed by atoms with E-state index in [0.717, 1.165) is 4.57 Å². The minimum absolute atomic E-state index is 0.136. The summed E-state index contributed by atoms with van der Waals surface area (Å²) in [5, 5.41) is 17.8. The lowest BCUT2D eigenvalue weighted by atomic mass is 10.2. The van der Waals surface area contributed by atoms with Gasteiger partial charge in [-0.15, -0.1) is 11.6 Å². The number of aliphatic hydroxyl groups excluding tert-OH is 2. The minimum atomic E-state index is -1.10. The third-order valence-corrected chi connectivity index (χ3v) is 3.71. The van der Waals surface area contributed by atoms with Crippen molar-refractivity contribution in [3.05, 3.63) is 31.5 Å². The Kier molecular flexibility index (Phi) is 3.93. The van der Waals surface area contributed by atoms with Crippen molar-refractivity contribution in [1.82, 2.24) is 9.55 Å². The number of ether oxygens (including phenoxy) is 1. The Hall–Kier alpha value is -0.670. The van der Waals surface area contributed by atoms with Gasteiger partial charge in [-0.25, -0.2) is 4.79 Å². The van der Waals surface area contributed by atoms with Crippen LogP contribution in [0.15, 0.2) is 20.3 Å². The van der Waals surface area contributed by atoms with Gasteiger partial charge in [0.05, 0.1) is 11.1 Å². The largest absolute Gasteiger partial charge is 0.394 e. The lowest BCUT2D eigenvalue weighted by molar-refractivity contribution is -0.0458. The minimum Gasteiger partial charge on any atom is -0.394 e. The number of nitrogens with one attached hydrogen (secondary N) is 1. The average molecular weight is 342 g/mol. The normalized spacial score (nSPS) is 31.8. The summed E-state index contributed by atoms with van der Waals surface area (Å²) in [6.45, 7) is -0.417. The molecule has 4 atom stereocenters. The van der Waals surface area contributed by atoms with Crippen molar-refractivity contribution < 1.29 is 14.9 Å². The number of halogens is 2. The molecule has 100 valence electrons. The zero-order valence-corrected chi connectivity index (χ0v) is 11.3. The highest BCUT2D eigenvalue weighted by atomic mass is 79.9. The fraction of sp³-hybridized carbons (Fsp3) is 0.556. The second-order valence-electron chi connectivity index (χ2n) is 3.83. The van der Waals surface area contributed by atoms with Gasteiger partial charge in [0.1, 0.15) is 17.6 Å². The molecule has 0 bridgehead atoms. The van der Waals surface area contributed by atoms with E-state index in [2.05, 4.69) is 20.9 Å². The Labute approximate surface area is 114 Å². The fourth-order valence-corrected chi connectivity index (χ4v) is 2.39. The summed E-state index contributed by atoms with van der Waals surface area (Å²) in [5.41, 5.74) is -1.27. The maximum Gasteiger partial charge on any atom is 0.330 e. The van der Waals surface area contributed by atoms with Crippen molar-refractivity contribution >= 4 is 27.5 Å². The van der Waals surface area contributed by atoms with E-state index >= 15 is 0 Å². The van der Waals surface area contributed by atoms with Gasteiger partial charge in [0.2, 0.25) is 0 Å². The molecule has 1 aliphatic heterocycles. The van der Waals surface area contributed by atoms with Gasteiger partial charge in [-0.3, -0.25) is 14.3 Å². The number of aromatic amines is 1. The lowest BCUT2D eigenvalue weighted by Gasteiger charge is -2.16. The van der Waals surface area contributed by atoms with Gasteiger partial charge in [0.25, 0.3) is 5.56 Å². The third-order valence-electron chi connectivity index (χ3n) is 2.67. The van der Waals surface area contributed by atoms with Crippen LogP contribution >= 0.6 is 27.5 Å². The Morgan fingerprint density at radius 3 is 2.78 bits per heavy atom. The Bertz CT molecular complexity index is 559. The summed E-state index contributed by atoms with van der Waals surface area (Å²) in [5.74, 6) is 0. The molecule has 2 rings (SSSR count). The first-order chi connectivity index (χ1) is 8.45. The van der Waals surface area contributed by atoms with Gasteiger partial charge in [0, 0.05) is 6.20 Å². The van der Waals surface area contributed by atoms with Crippen LogP contribution in [0.4, 0.5) is 0 Å². The van der Waals surface area contributed by atoms with Crippen LogP contribution in [0, 0.1) is 0 Å². The zero-order valence-electron chi connectivity index (χ0n) is 8.92. The lowest BCUT2D eigenvalue weighted by Crippen LogP contribution is -2.36. The van der Waals surface area contributed by atoms with E-state index in [0.29, 0.717) is 0 Å². The smallest absolute Gasteiger partial charge is 0.330 e. The van der Waals surface area contributed by atoms with Crippen LogP contribution in [0.5, 0.6) is 0 Å². The number of aliphatic hydroxyl groups is 2. The molecule has 0 amide bonds. The van der Waals surface area contributed by atoms with Crippen molar-refractivity contribution in [2.45, 2.75) is 23.8 Å². The quantitative estimate of drug-likeness (QED) is 0.608. The van der Waals surface area contributed by atoms with Gasteiger partial charge in [0.15, 0.2) is 6.23 Å². The molecule has 2 heterocycles. The molecule has 0 spiro atoms. The first-order valence-electron chi connectivity index (χ1n) is 5.05. The molecule has 1 fully saturated rings. The monoisotopic (exact) mass is 340 g/mol. The van der Waals surface area contributed by atoms with Crippen LogP contribution in [0.1, 0.15) is 6.23 Å². The van der Waals surface area contributed by atoms with Gasteiger partial charge < -0.3 is 14.9 Å². The van der Waals surface area contributed by atoms with Crippen molar-refractivity contribution in [1.29, 1.82) is 0 Å². The number of hydrogen-bond acceptors (Lipinski definition) is 5. The van der Waals surface area contributed by atoms with Gasteiger partial charge >= 0.3 is 5.69 Å². The van der Waals surface area contributed by atoms with E-state index < -0.39 is 41.7 Å². The maximum atomic E-state index is 11.6. The van der Waals surface area contributed by atoms with Crippen LogP contribution in [0.3, 0.4) is 0 Å². The van der Waals surface area contributed by atoms with Crippen molar-refractivity contribution in [3.63, 3.8) is 0 Å². The van der Waals surface area contributed by atoms with E-state index in [1.54, 1.807) is 0 Å². The molecule has 0 aliphatic carbocycles. The van der Waals surface area contributed by atoms with Crippen LogP contribution in [0.25, 0.3) is 0 Å². The van der Waals surface area contributed by atoms with Gasteiger partial charge in [-0.2, -0.15) is 0 Å². The van der Waals surface area contributed by atoms with Crippen LogP contribution < -0.4 is 11.2 Å². The molecule has 1 aromatic heterocycles. The third kappa shape index (κ3) is 2.26. The molecule has 7 nitrogen and oxygen atoms in total. The second kappa shape index (κ2) is 5.14. The van der Waals surface area contributed by atoms with Crippen molar-refractivity contribution in [3.8, 4) is 0 Å². The number of aromatic nitrogens is 2. The van der Waals surface area contributed by atoms with E-state index in [9.17, 15) is 14.7 Å². The Morgan fingerprint density at radius 1 is 1.56 bits per heavy atom.